The third kappa shape index (κ3) is 4.97. The lowest BCUT2D eigenvalue weighted by Crippen LogP contribution is -2.47. The zero-order valence-corrected chi connectivity index (χ0v) is 18.4. The van der Waals surface area contributed by atoms with Gasteiger partial charge in [0.2, 0.25) is 0 Å². The van der Waals surface area contributed by atoms with Crippen LogP contribution in [0.25, 0.3) is 11.3 Å². The van der Waals surface area contributed by atoms with E-state index in [1.807, 2.05) is 56.6 Å². The van der Waals surface area contributed by atoms with Crippen LogP contribution in [0.15, 0.2) is 60.8 Å². The minimum absolute atomic E-state index is 0.00949. The quantitative estimate of drug-likeness (QED) is 0.599. The summed E-state index contributed by atoms with van der Waals surface area (Å²) in [4.78, 5) is 22.0. The third-order valence-electron chi connectivity index (χ3n) is 6.13. The zero-order chi connectivity index (χ0) is 21.6. The number of hydrogen-bond donors (Lipinski definition) is 1. The van der Waals surface area contributed by atoms with Gasteiger partial charge < -0.3 is 14.8 Å². The summed E-state index contributed by atoms with van der Waals surface area (Å²) in [6.07, 6.45) is 2.80. The molecule has 0 aliphatic carbocycles. The van der Waals surface area contributed by atoms with Crippen molar-refractivity contribution >= 4 is 11.7 Å². The molecular formula is C25H31N5O. The van der Waals surface area contributed by atoms with Gasteiger partial charge in [-0.25, -0.2) is 4.98 Å². The van der Waals surface area contributed by atoms with E-state index < -0.39 is 0 Å². The van der Waals surface area contributed by atoms with E-state index in [1.54, 1.807) is 0 Å². The number of rotatable bonds is 7. The first kappa shape index (κ1) is 21.1. The molecule has 1 aliphatic heterocycles. The molecule has 6 nitrogen and oxygen atoms in total. The number of aromatic nitrogens is 2. The van der Waals surface area contributed by atoms with Crippen molar-refractivity contribution in [2.45, 2.75) is 13.3 Å². The van der Waals surface area contributed by atoms with Gasteiger partial charge in [-0.1, -0.05) is 36.4 Å². The summed E-state index contributed by atoms with van der Waals surface area (Å²) in [5.41, 5.74) is 3.93. The number of nitrogens with one attached hydrogen (secondary N) is 1. The number of piperazine rings is 1. The molecule has 1 aliphatic rings. The molecule has 1 fully saturated rings. The average Bonchev–Trinajstić information content (AvgIpc) is 3.12. The van der Waals surface area contributed by atoms with Crippen LogP contribution in [0.3, 0.4) is 0 Å². The van der Waals surface area contributed by atoms with Crippen molar-refractivity contribution in [2.24, 2.45) is 7.05 Å². The fourth-order valence-electron chi connectivity index (χ4n) is 4.16. The predicted octanol–water partition coefficient (Wildman–Crippen LogP) is 3.34. The van der Waals surface area contributed by atoms with E-state index in [2.05, 4.69) is 42.9 Å². The summed E-state index contributed by atoms with van der Waals surface area (Å²) < 4.78 is 2.09. The van der Waals surface area contributed by atoms with Crippen molar-refractivity contribution in [3.8, 4) is 11.3 Å². The second-order valence-corrected chi connectivity index (χ2v) is 8.08. The molecule has 3 aromatic rings. The van der Waals surface area contributed by atoms with Crippen LogP contribution in [-0.2, 0) is 7.05 Å². The van der Waals surface area contributed by atoms with Crippen molar-refractivity contribution < 1.29 is 4.79 Å². The number of carbonyl (C=O) groups is 1. The summed E-state index contributed by atoms with van der Waals surface area (Å²) in [5, 5.41) is 3.11. The molecule has 1 saturated heterocycles. The molecule has 3 heterocycles. The molecule has 0 unspecified atom stereocenters. The number of anilines is 1. The van der Waals surface area contributed by atoms with Gasteiger partial charge in [0.1, 0.15) is 5.82 Å². The highest BCUT2D eigenvalue weighted by Gasteiger charge is 2.18. The standard InChI is InChI=1S/C25H31N5O/c1-20-22(19-23(28(20)2)21-9-4-3-5-10-21)25(31)27-13-8-14-29-15-17-30(18-16-29)24-11-6-7-12-26-24/h3-7,9-12,19H,8,13-18H2,1-2H3,(H,27,31). The van der Waals surface area contributed by atoms with Gasteiger partial charge in [0, 0.05) is 57.4 Å². The molecule has 4 rings (SSSR count). The molecule has 0 atom stereocenters. The van der Waals surface area contributed by atoms with Crippen LogP contribution < -0.4 is 10.2 Å². The lowest BCUT2D eigenvalue weighted by atomic mass is 10.1. The summed E-state index contributed by atoms with van der Waals surface area (Å²) in [6, 6.07) is 18.2. The van der Waals surface area contributed by atoms with E-state index in [0.717, 1.165) is 67.5 Å². The number of amides is 1. The van der Waals surface area contributed by atoms with E-state index in [0.29, 0.717) is 6.54 Å². The molecule has 0 radical (unpaired) electrons. The minimum atomic E-state index is 0.00949. The molecule has 0 spiro atoms. The highest BCUT2D eigenvalue weighted by atomic mass is 16.1. The monoisotopic (exact) mass is 417 g/mol. The summed E-state index contributed by atoms with van der Waals surface area (Å²) in [5.74, 6) is 1.07. The Hall–Kier alpha value is -3.12. The van der Waals surface area contributed by atoms with Crippen molar-refractivity contribution in [1.29, 1.82) is 0 Å². The van der Waals surface area contributed by atoms with Crippen LogP contribution in [0.2, 0.25) is 0 Å². The fourth-order valence-corrected chi connectivity index (χ4v) is 4.16. The molecule has 0 bridgehead atoms. The Morgan fingerprint density at radius 1 is 1.03 bits per heavy atom. The van der Waals surface area contributed by atoms with Crippen molar-refractivity contribution in [3.05, 3.63) is 72.1 Å². The SMILES string of the molecule is Cc1c(C(=O)NCCCN2CCN(c3ccccn3)CC2)cc(-c2ccccc2)n1C. The van der Waals surface area contributed by atoms with Gasteiger partial charge in [-0.05, 0) is 43.7 Å². The van der Waals surface area contributed by atoms with Crippen molar-refractivity contribution in [1.82, 2.24) is 19.8 Å². The Kier molecular flexibility index (Phi) is 6.67. The van der Waals surface area contributed by atoms with Crippen LogP contribution in [0.4, 0.5) is 5.82 Å². The van der Waals surface area contributed by atoms with Gasteiger partial charge in [0.05, 0.1) is 5.56 Å². The molecule has 0 saturated carbocycles. The average molecular weight is 418 g/mol. The molecule has 6 heteroatoms. The molecule has 162 valence electrons. The van der Waals surface area contributed by atoms with E-state index in [9.17, 15) is 4.79 Å². The molecule has 1 N–H and O–H groups in total. The molecule has 31 heavy (non-hydrogen) atoms. The maximum atomic E-state index is 12.8. The Balaban J connectivity index is 1.23. The number of nitrogens with zero attached hydrogens (tertiary/aromatic N) is 4. The van der Waals surface area contributed by atoms with Crippen LogP contribution in [0, 0.1) is 6.92 Å². The van der Waals surface area contributed by atoms with Gasteiger partial charge in [0.25, 0.3) is 5.91 Å². The van der Waals surface area contributed by atoms with E-state index in [4.69, 9.17) is 0 Å². The van der Waals surface area contributed by atoms with Gasteiger partial charge in [0.15, 0.2) is 0 Å². The van der Waals surface area contributed by atoms with E-state index in [1.165, 1.54) is 0 Å². The largest absolute Gasteiger partial charge is 0.354 e. The maximum absolute atomic E-state index is 12.8. The van der Waals surface area contributed by atoms with Crippen LogP contribution >= 0.6 is 0 Å². The lowest BCUT2D eigenvalue weighted by Gasteiger charge is -2.35. The van der Waals surface area contributed by atoms with Crippen molar-refractivity contribution in [2.75, 3.05) is 44.2 Å². The van der Waals surface area contributed by atoms with Gasteiger partial charge >= 0.3 is 0 Å². The van der Waals surface area contributed by atoms with Crippen LogP contribution in [-0.4, -0.2) is 59.6 Å². The summed E-state index contributed by atoms with van der Waals surface area (Å²) >= 11 is 0. The molecule has 1 aromatic carbocycles. The number of hydrogen-bond acceptors (Lipinski definition) is 4. The predicted molar refractivity (Wildman–Crippen MR) is 125 cm³/mol. The molecule has 2 aromatic heterocycles. The Labute approximate surface area is 184 Å². The normalized spacial score (nSPS) is 14.6. The van der Waals surface area contributed by atoms with Crippen LogP contribution in [0.5, 0.6) is 0 Å². The highest BCUT2D eigenvalue weighted by molar-refractivity contribution is 5.96. The number of carbonyl (C=O) groups excluding carboxylic acids is 1. The minimum Gasteiger partial charge on any atom is -0.354 e. The second-order valence-electron chi connectivity index (χ2n) is 8.08. The first-order valence-electron chi connectivity index (χ1n) is 11.0. The number of pyridine rings is 1. The van der Waals surface area contributed by atoms with E-state index >= 15 is 0 Å². The van der Waals surface area contributed by atoms with E-state index in [-0.39, 0.29) is 5.91 Å². The number of benzene rings is 1. The molecule has 1 amide bonds. The Bertz CT molecular complexity index is 992. The molecular weight excluding hydrogens is 386 g/mol. The summed E-state index contributed by atoms with van der Waals surface area (Å²) in [6.45, 7) is 7.74. The topological polar surface area (TPSA) is 53.4 Å². The summed E-state index contributed by atoms with van der Waals surface area (Å²) in [7, 11) is 2.01. The first-order chi connectivity index (χ1) is 15.1. The third-order valence-corrected chi connectivity index (χ3v) is 6.13. The van der Waals surface area contributed by atoms with Crippen LogP contribution in [0.1, 0.15) is 22.5 Å². The zero-order valence-electron chi connectivity index (χ0n) is 18.4. The Morgan fingerprint density at radius 3 is 2.48 bits per heavy atom. The van der Waals surface area contributed by atoms with Gasteiger partial charge in [-0.15, -0.1) is 0 Å². The van der Waals surface area contributed by atoms with Gasteiger partial charge in [-0.3, -0.25) is 9.69 Å². The maximum Gasteiger partial charge on any atom is 0.253 e. The Morgan fingerprint density at radius 2 is 1.77 bits per heavy atom. The fraction of sp³-hybridized carbons (Fsp3) is 0.360. The lowest BCUT2D eigenvalue weighted by molar-refractivity contribution is 0.0950. The van der Waals surface area contributed by atoms with Gasteiger partial charge in [-0.2, -0.15) is 0 Å². The van der Waals surface area contributed by atoms with Crippen molar-refractivity contribution in [3.63, 3.8) is 0 Å². The first-order valence-corrected chi connectivity index (χ1v) is 11.0. The second kappa shape index (κ2) is 9.79. The smallest absolute Gasteiger partial charge is 0.253 e. The highest BCUT2D eigenvalue weighted by Crippen LogP contribution is 2.24.